The van der Waals surface area contributed by atoms with Crippen molar-refractivity contribution in [1.82, 2.24) is 9.80 Å². The van der Waals surface area contributed by atoms with Crippen molar-refractivity contribution in [3.8, 4) is 0 Å². The van der Waals surface area contributed by atoms with E-state index < -0.39 is 12.3 Å². The summed E-state index contributed by atoms with van der Waals surface area (Å²) < 4.78 is 5.17. The number of carboxylic acid groups (broad SMARTS) is 1. The highest BCUT2D eigenvalue weighted by Gasteiger charge is 2.31. The Morgan fingerprint density at radius 2 is 1.54 bits per heavy atom. The molecule has 0 spiro atoms. The number of β-amino-alcohol motifs (C(OH)–C–C–N with tert-alkyl or cyclic N) is 2. The number of nitrogens with zero attached hydrogens (tertiary/aromatic N) is 2. The zero-order chi connectivity index (χ0) is 20.6. The second-order valence-corrected chi connectivity index (χ2v) is 7.91. The van der Waals surface area contributed by atoms with Crippen LogP contribution in [-0.4, -0.2) is 82.9 Å². The number of aliphatic hydroxyl groups excluding tert-OH is 1. The predicted molar refractivity (Wildman–Crippen MR) is 110 cm³/mol. The van der Waals surface area contributed by atoms with Crippen molar-refractivity contribution in [2.75, 3.05) is 39.4 Å². The third-order valence-corrected chi connectivity index (χ3v) is 5.48. The van der Waals surface area contributed by atoms with Crippen LogP contribution in [0, 0.1) is 0 Å². The Labute approximate surface area is 170 Å². The predicted octanol–water partition coefficient (Wildman–Crippen LogP) is 2.65. The Bertz CT molecular complexity index is 395. The molecule has 1 heterocycles. The van der Waals surface area contributed by atoms with E-state index in [9.17, 15) is 15.0 Å². The first kappa shape index (κ1) is 25.3. The molecule has 28 heavy (non-hydrogen) atoms. The van der Waals surface area contributed by atoms with Crippen LogP contribution in [0.15, 0.2) is 0 Å². The molecule has 1 atom stereocenters. The van der Waals surface area contributed by atoms with E-state index >= 15 is 0 Å². The van der Waals surface area contributed by atoms with E-state index in [0.29, 0.717) is 13.2 Å². The molecule has 7 nitrogen and oxygen atoms in total. The quantitative estimate of drug-likeness (QED) is 0.240. The van der Waals surface area contributed by atoms with Crippen LogP contribution in [0.1, 0.15) is 77.6 Å². The van der Waals surface area contributed by atoms with Crippen molar-refractivity contribution in [1.29, 1.82) is 0 Å². The number of aliphatic carboxylic acids is 1. The Morgan fingerprint density at radius 3 is 2.11 bits per heavy atom. The molecule has 0 bridgehead atoms. The minimum absolute atomic E-state index is 0.185. The maximum absolute atomic E-state index is 10.5. The second-order valence-electron chi connectivity index (χ2n) is 7.91. The molecule has 0 aromatic heterocycles. The van der Waals surface area contributed by atoms with Gasteiger partial charge in [-0.15, -0.1) is 0 Å². The Kier molecular flexibility index (Phi) is 14.6. The SMILES string of the molecule is CCCCCCCCCCCCC1N(CCOCC(=O)O)CCN1CC(O)O. The van der Waals surface area contributed by atoms with Crippen LogP contribution < -0.4 is 0 Å². The first-order valence-corrected chi connectivity index (χ1v) is 11.2. The molecule has 0 aromatic rings. The van der Waals surface area contributed by atoms with Gasteiger partial charge in [-0.25, -0.2) is 4.79 Å². The summed E-state index contributed by atoms with van der Waals surface area (Å²) in [6, 6.07) is 0. The fraction of sp³-hybridized carbons (Fsp3) is 0.952. The highest BCUT2D eigenvalue weighted by molar-refractivity contribution is 5.67. The van der Waals surface area contributed by atoms with Crippen LogP contribution in [0.25, 0.3) is 0 Å². The molecule has 0 saturated carbocycles. The molecular formula is C21H42N2O5. The number of hydrogen-bond acceptors (Lipinski definition) is 6. The van der Waals surface area contributed by atoms with Gasteiger partial charge < -0.3 is 20.1 Å². The lowest BCUT2D eigenvalue weighted by atomic mass is 10.1. The molecule has 0 aromatic carbocycles. The maximum Gasteiger partial charge on any atom is 0.329 e. The molecule has 0 aliphatic carbocycles. The molecule has 1 saturated heterocycles. The van der Waals surface area contributed by atoms with Crippen LogP contribution in [0.4, 0.5) is 0 Å². The van der Waals surface area contributed by atoms with Crippen molar-refractivity contribution < 1.29 is 24.9 Å². The van der Waals surface area contributed by atoms with Gasteiger partial charge in [-0.3, -0.25) is 9.80 Å². The number of carboxylic acids is 1. The molecule has 166 valence electrons. The van der Waals surface area contributed by atoms with Gasteiger partial charge in [-0.1, -0.05) is 71.1 Å². The standard InChI is InChI=1S/C21H42N2O5/c1-2-3-4-5-6-7-8-9-10-11-12-19-22(15-16-28-18-21(26)27)13-14-23(19)17-20(24)25/h19-20,24-25H,2-18H2,1H3,(H,26,27). The van der Waals surface area contributed by atoms with Crippen LogP contribution in [-0.2, 0) is 9.53 Å². The van der Waals surface area contributed by atoms with E-state index in [1.807, 2.05) is 0 Å². The van der Waals surface area contributed by atoms with E-state index in [4.69, 9.17) is 9.84 Å². The molecule has 1 fully saturated rings. The van der Waals surface area contributed by atoms with Gasteiger partial charge in [-0.05, 0) is 6.42 Å². The van der Waals surface area contributed by atoms with Gasteiger partial charge in [0.1, 0.15) is 6.61 Å². The Balaban J connectivity index is 2.22. The molecule has 1 aliphatic rings. The lowest BCUT2D eigenvalue weighted by molar-refractivity contribution is -0.142. The van der Waals surface area contributed by atoms with Gasteiger partial charge in [0, 0.05) is 19.6 Å². The third-order valence-electron chi connectivity index (χ3n) is 5.48. The van der Waals surface area contributed by atoms with Crippen molar-refractivity contribution in [2.45, 2.75) is 90.0 Å². The van der Waals surface area contributed by atoms with E-state index in [2.05, 4.69) is 16.7 Å². The number of hydrogen-bond donors (Lipinski definition) is 3. The number of unbranched alkanes of at least 4 members (excludes halogenated alkanes) is 9. The highest BCUT2D eigenvalue weighted by atomic mass is 16.5. The first-order valence-electron chi connectivity index (χ1n) is 11.2. The second kappa shape index (κ2) is 16.1. The molecule has 7 heteroatoms. The van der Waals surface area contributed by atoms with Crippen molar-refractivity contribution >= 4 is 5.97 Å². The monoisotopic (exact) mass is 402 g/mol. The van der Waals surface area contributed by atoms with Crippen LogP contribution in [0.2, 0.25) is 0 Å². The van der Waals surface area contributed by atoms with Gasteiger partial charge in [0.25, 0.3) is 0 Å². The number of carbonyl (C=O) groups is 1. The molecule has 3 N–H and O–H groups in total. The minimum Gasteiger partial charge on any atom is -0.480 e. The summed E-state index contributed by atoms with van der Waals surface area (Å²) in [4.78, 5) is 14.9. The molecule has 0 amide bonds. The van der Waals surface area contributed by atoms with Gasteiger partial charge in [-0.2, -0.15) is 0 Å². The average molecular weight is 403 g/mol. The fourth-order valence-corrected chi connectivity index (χ4v) is 3.99. The Morgan fingerprint density at radius 1 is 0.964 bits per heavy atom. The molecule has 1 rings (SSSR count). The summed E-state index contributed by atoms with van der Waals surface area (Å²) in [5.74, 6) is -0.951. The molecule has 1 aliphatic heterocycles. The van der Waals surface area contributed by atoms with E-state index in [1.165, 1.54) is 57.8 Å². The van der Waals surface area contributed by atoms with Crippen LogP contribution >= 0.6 is 0 Å². The lowest BCUT2D eigenvalue weighted by Crippen LogP contribution is -2.43. The first-order chi connectivity index (χ1) is 13.5. The van der Waals surface area contributed by atoms with Crippen molar-refractivity contribution in [3.05, 3.63) is 0 Å². The summed E-state index contributed by atoms with van der Waals surface area (Å²) in [5.41, 5.74) is 0. The van der Waals surface area contributed by atoms with Crippen molar-refractivity contribution in [2.24, 2.45) is 0 Å². The molecule has 0 radical (unpaired) electrons. The van der Waals surface area contributed by atoms with Gasteiger partial charge >= 0.3 is 5.97 Å². The van der Waals surface area contributed by atoms with Crippen LogP contribution in [0.5, 0.6) is 0 Å². The Hall–Kier alpha value is -0.730. The van der Waals surface area contributed by atoms with E-state index in [1.54, 1.807) is 0 Å². The fourth-order valence-electron chi connectivity index (χ4n) is 3.99. The maximum atomic E-state index is 10.5. The van der Waals surface area contributed by atoms with Gasteiger partial charge in [0.15, 0.2) is 6.29 Å². The molecular weight excluding hydrogens is 360 g/mol. The summed E-state index contributed by atoms with van der Waals surface area (Å²) in [7, 11) is 0. The average Bonchev–Trinajstić information content (AvgIpc) is 3.01. The summed E-state index contributed by atoms with van der Waals surface area (Å²) in [5, 5.41) is 27.3. The minimum atomic E-state index is -1.32. The van der Waals surface area contributed by atoms with Gasteiger partial charge in [0.2, 0.25) is 0 Å². The van der Waals surface area contributed by atoms with E-state index in [0.717, 1.165) is 25.9 Å². The summed E-state index contributed by atoms with van der Waals surface area (Å²) >= 11 is 0. The number of rotatable bonds is 18. The van der Waals surface area contributed by atoms with Gasteiger partial charge in [0.05, 0.1) is 19.3 Å². The molecule has 1 unspecified atom stereocenters. The normalized spacial score (nSPS) is 18.4. The number of ether oxygens (including phenoxy) is 1. The largest absolute Gasteiger partial charge is 0.480 e. The summed E-state index contributed by atoms with van der Waals surface area (Å²) in [6.07, 6.45) is 12.9. The van der Waals surface area contributed by atoms with E-state index in [-0.39, 0.29) is 19.3 Å². The van der Waals surface area contributed by atoms with Crippen LogP contribution in [0.3, 0.4) is 0 Å². The summed E-state index contributed by atoms with van der Waals surface area (Å²) in [6.45, 7) is 4.95. The zero-order valence-electron chi connectivity index (χ0n) is 17.7. The smallest absolute Gasteiger partial charge is 0.329 e. The third kappa shape index (κ3) is 12.0. The van der Waals surface area contributed by atoms with Crippen molar-refractivity contribution in [3.63, 3.8) is 0 Å². The highest BCUT2D eigenvalue weighted by Crippen LogP contribution is 2.21. The number of aliphatic hydroxyl groups is 2. The topological polar surface area (TPSA) is 93.5 Å². The zero-order valence-corrected chi connectivity index (χ0v) is 17.7. The lowest BCUT2D eigenvalue weighted by Gasteiger charge is -2.30.